The van der Waals surface area contributed by atoms with E-state index in [2.05, 4.69) is 25.1 Å². The van der Waals surface area contributed by atoms with Crippen molar-refractivity contribution in [3.63, 3.8) is 0 Å². The fourth-order valence-electron chi connectivity index (χ4n) is 1.38. The fourth-order valence-corrected chi connectivity index (χ4v) is 1.58. The van der Waals surface area contributed by atoms with Crippen LogP contribution in [-0.2, 0) is 6.54 Å². The Balaban J connectivity index is 2.20. The minimum Gasteiger partial charge on any atom is -0.375 e. The highest BCUT2D eigenvalue weighted by Crippen LogP contribution is 2.16. The molecule has 0 atom stereocenters. The summed E-state index contributed by atoms with van der Waals surface area (Å²) >= 11 is 5.98. The van der Waals surface area contributed by atoms with Gasteiger partial charge in [-0.2, -0.15) is 10.1 Å². The van der Waals surface area contributed by atoms with Crippen molar-refractivity contribution >= 4 is 17.3 Å². The third kappa shape index (κ3) is 2.51. The van der Waals surface area contributed by atoms with E-state index in [1.165, 1.54) is 17.3 Å². The molecule has 0 bridgehead atoms. The van der Waals surface area contributed by atoms with Crippen molar-refractivity contribution < 1.29 is 4.52 Å². The highest BCUT2D eigenvalue weighted by molar-refractivity contribution is 6.32. The molecule has 18 heavy (non-hydrogen) atoms. The van der Waals surface area contributed by atoms with Gasteiger partial charge in [-0.1, -0.05) is 16.8 Å². The van der Waals surface area contributed by atoms with Gasteiger partial charge < -0.3 is 9.84 Å². The second kappa shape index (κ2) is 5.18. The van der Waals surface area contributed by atoms with Crippen molar-refractivity contribution in [3.05, 3.63) is 33.8 Å². The Bertz CT molecular complexity index is 578. The Morgan fingerprint density at radius 2 is 2.33 bits per heavy atom. The molecular weight excluding hydrogens is 258 g/mol. The standard InChI is InChI=1S/C10H12ClN5O2/c1-6(2)16-10(17)9(11)7(3-14-16)12-4-8-13-5-18-15-8/h3,5-6,12H,4H2,1-2H3. The van der Waals surface area contributed by atoms with Crippen LogP contribution < -0.4 is 10.9 Å². The van der Waals surface area contributed by atoms with Crippen LogP contribution in [0.2, 0.25) is 5.02 Å². The third-order valence-corrected chi connectivity index (χ3v) is 2.64. The van der Waals surface area contributed by atoms with E-state index in [4.69, 9.17) is 11.6 Å². The average Bonchev–Trinajstić information content (AvgIpc) is 2.83. The maximum absolute atomic E-state index is 11.9. The molecule has 7 nitrogen and oxygen atoms in total. The molecule has 2 rings (SSSR count). The summed E-state index contributed by atoms with van der Waals surface area (Å²) in [6, 6.07) is -0.0405. The van der Waals surface area contributed by atoms with Gasteiger partial charge in [0.25, 0.3) is 5.56 Å². The molecule has 0 aliphatic carbocycles. The van der Waals surface area contributed by atoms with Crippen molar-refractivity contribution in [3.8, 4) is 0 Å². The minimum atomic E-state index is -0.329. The van der Waals surface area contributed by atoms with E-state index in [0.29, 0.717) is 18.1 Å². The van der Waals surface area contributed by atoms with Gasteiger partial charge in [-0.3, -0.25) is 4.79 Å². The highest BCUT2D eigenvalue weighted by atomic mass is 35.5. The molecule has 0 aliphatic heterocycles. The quantitative estimate of drug-likeness (QED) is 0.905. The first-order chi connectivity index (χ1) is 8.59. The summed E-state index contributed by atoms with van der Waals surface area (Å²) in [6.07, 6.45) is 2.73. The zero-order valence-electron chi connectivity index (χ0n) is 9.92. The lowest BCUT2D eigenvalue weighted by molar-refractivity contribution is 0.411. The minimum absolute atomic E-state index is 0.0405. The van der Waals surface area contributed by atoms with Crippen LogP contribution in [0.1, 0.15) is 25.7 Å². The maximum atomic E-state index is 11.9. The van der Waals surface area contributed by atoms with Crippen LogP contribution >= 0.6 is 11.6 Å². The summed E-state index contributed by atoms with van der Waals surface area (Å²) in [4.78, 5) is 15.7. The van der Waals surface area contributed by atoms with Gasteiger partial charge in [-0.25, -0.2) is 4.68 Å². The topological polar surface area (TPSA) is 85.8 Å². The van der Waals surface area contributed by atoms with E-state index in [9.17, 15) is 4.79 Å². The molecular formula is C10H12ClN5O2. The second-order valence-corrected chi connectivity index (χ2v) is 4.29. The molecule has 96 valence electrons. The van der Waals surface area contributed by atoms with Crippen LogP contribution in [0.5, 0.6) is 0 Å². The van der Waals surface area contributed by atoms with Crippen LogP contribution in [0, 0.1) is 0 Å². The molecule has 2 aromatic heterocycles. The second-order valence-electron chi connectivity index (χ2n) is 3.92. The van der Waals surface area contributed by atoms with E-state index < -0.39 is 0 Å². The summed E-state index contributed by atoms with van der Waals surface area (Å²) in [5.74, 6) is 0.471. The van der Waals surface area contributed by atoms with Crippen LogP contribution in [0.4, 0.5) is 5.69 Å². The van der Waals surface area contributed by atoms with Crippen LogP contribution in [0.3, 0.4) is 0 Å². The first-order valence-electron chi connectivity index (χ1n) is 5.36. The monoisotopic (exact) mass is 269 g/mol. The van der Waals surface area contributed by atoms with E-state index in [-0.39, 0.29) is 16.6 Å². The Labute approximate surface area is 108 Å². The molecule has 0 aromatic carbocycles. The van der Waals surface area contributed by atoms with Crippen molar-refractivity contribution in [2.24, 2.45) is 0 Å². The number of nitrogens with one attached hydrogen (secondary N) is 1. The van der Waals surface area contributed by atoms with Crippen LogP contribution in [-0.4, -0.2) is 19.9 Å². The predicted octanol–water partition coefficient (Wildman–Crippen LogP) is 1.47. The molecule has 0 fully saturated rings. The molecule has 0 amide bonds. The fraction of sp³-hybridized carbons (Fsp3) is 0.400. The molecule has 0 unspecified atom stereocenters. The van der Waals surface area contributed by atoms with Gasteiger partial charge in [0.2, 0.25) is 6.39 Å². The zero-order valence-corrected chi connectivity index (χ0v) is 10.7. The molecule has 2 heterocycles. The first-order valence-corrected chi connectivity index (χ1v) is 5.74. The molecule has 0 radical (unpaired) electrons. The lowest BCUT2D eigenvalue weighted by Gasteiger charge is -2.11. The SMILES string of the molecule is CC(C)n1ncc(NCc2ncon2)c(Cl)c1=O. The Kier molecular flexibility index (Phi) is 3.61. The average molecular weight is 270 g/mol. The molecule has 2 aromatic rings. The van der Waals surface area contributed by atoms with Gasteiger partial charge in [0, 0.05) is 0 Å². The first kappa shape index (κ1) is 12.6. The largest absolute Gasteiger partial charge is 0.375 e. The number of halogens is 1. The van der Waals surface area contributed by atoms with Gasteiger partial charge in [0.05, 0.1) is 24.5 Å². The van der Waals surface area contributed by atoms with Crippen LogP contribution in [0.15, 0.2) is 21.9 Å². The van der Waals surface area contributed by atoms with Gasteiger partial charge in [0.15, 0.2) is 5.82 Å². The molecule has 1 N–H and O–H groups in total. The summed E-state index contributed by atoms with van der Waals surface area (Å²) in [5.41, 5.74) is 0.119. The normalized spacial score (nSPS) is 10.9. The number of hydrogen-bond acceptors (Lipinski definition) is 6. The van der Waals surface area contributed by atoms with Gasteiger partial charge >= 0.3 is 0 Å². The van der Waals surface area contributed by atoms with E-state index >= 15 is 0 Å². The molecule has 0 spiro atoms. The van der Waals surface area contributed by atoms with Crippen molar-refractivity contribution in [2.45, 2.75) is 26.4 Å². The van der Waals surface area contributed by atoms with Gasteiger partial charge in [-0.05, 0) is 13.8 Å². The number of aromatic nitrogens is 4. The Morgan fingerprint density at radius 3 is 2.94 bits per heavy atom. The maximum Gasteiger partial charge on any atom is 0.287 e. The van der Waals surface area contributed by atoms with Gasteiger partial charge in [-0.15, -0.1) is 0 Å². The Hall–Kier alpha value is -1.89. The number of hydrogen-bond donors (Lipinski definition) is 1. The van der Waals surface area contributed by atoms with E-state index in [0.717, 1.165) is 0 Å². The van der Waals surface area contributed by atoms with E-state index in [1.54, 1.807) is 0 Å². The molecule has 8 heteroatoms. The lowest BCUT2D eigenvalue weighted by Crippen LogP contribution is -2.25. The van der Waals surface area contributed by atoms with Crippen molar-refractivity contribution in [1.29, 1.82) is 0 Å². The summed E-state index contributed by atoms with van der Waals surface area (Å²) < 4.78 is 5.91. The molecule has 0 saturated carbocycles. The van der Waals surface area contributed by atoms with Gasteiger partial charge in [0.1, 0.15) is 5.02 Å². The Morgan fingerprint density at radius 1 is 1.56 bits per heavy atom. The third-order valence-electron chi connectivity index (χ3n) is 2.28. The predicted molar refractivity (Wildman–Crippen MR) is 65.5 cm³/mol. The highest BCUT2D eigenvalue weighted by Gasteiger charge is 2.11. The van der Waals surface area contributed by atoms with Crippen molar-refractivity contribution in [2.75, 3.05) is 5.32 Å². The van der Waals surface area contributed by atoms with E-state index in [1.807, 2.05) is 13.8 Å². The molecule has 0 aliphatic rings. The summed E-state index contributed by atoms with van der Waals surface area (Å²) in [6.45, 7) is 4.03. The smallest absolute Gasteiger partial charge is 0.287 e. The molecule has 0 saturated heterocycles. The van der Waals surface area contributed by atoms with Crippen LogP contribution in [0.25, 0.3) is 0 Å². The number of anilines is 1. The summed E-state index contributed by atoms with van der Waals surface area (Å²) in [5, 5.41) is 10.7. The van der Waals surface area contributed by atoms with Crippen molar-refractivity contribution in [1.82, 2.24) is 19.9 Å². The number of nitrogens with zero attached hydrogens (tertiary/aromatic N) is 4. The lowest BCUT2D eigenvalue weighted by atomic mass is 10.4. The zero-order chi connectivity index (χ0) is 13.1. The summed E-state index contributed by atoms with van der Waals surface area (Å²) in [7, 11) is 0. The number of rotatable bonds is 4.